The first-order valence-corrected chi connectivity index (χ1v) is 12.8. The van der Waals surface area contributed by atoms with Crippen LogP contribution in [0, 0.1) is 23.7 Å². The molecule has 0 aliphatic carbocycles. The molecule has 9 nitrogen and oxygen atoms in total. The Morgan fingerprint density at radius 1 is 1.20 bits per heavy atom. The van der Waals surface area contributed by atoms with Gasteiger partial charge < -0.3 is 24.8 Å². The van der Waals surface area contributed by atoms with Gasteiger partial charge in [0.1, 0.15) is 23.3 Å². The second kappa shape index (κ2) is 11.5. The third kappa shape index (κ3) is 6.24. The first kappa shape index (κ1) is 28.2. The molecule has 1 aliphatic heterocycles. The minimum atomic E-state index is -0.683. The Morgan fingerprint density at radius 2 is 1.90 bits per heavy atom. The number of nitrogens with zero attached hydrogens (tertiary/aromatic N) is 4. The van der Waals surface area contributed by atoms with Crippen molar-refractivity contribution in [2.45, 2.75) is 45.3 Å². The molecule has 1 saturated heterocycles. The predicted octanol–water partition coefficient (Wildman–Crippen LogP) is 6.18. The van der Waals surface area contributed by atoms with Crippen molar-refractivity contribution >= 4 is 17.6 Å². The molecule has 1 aliphatic rings. The number of nitrogens with one attached hydrogen (secondary N) is 1. The highest BCUT2D eigenvalue weighted by atomic mass is 19.1. The Balaban J connectivity index is 1.72. The van der Waals surface area contributed by atoms with Gasteiger partial charge in [0, 0.05) is 30.3 Å². The number of rotatable bonds is 5. The normalized spacial score (nSPS) is 13.7. The minimum Gasteiger partial charge on any atom is -0.504 e. The number of halogens is 1. The molecule has 1 aromatic heterocycles. The Morgan fingerprint density at radius 3 is 2.48 bits per heavy atom. The zero-order valence-corrected chi connectivity index (χ0v) is 22.8. The molecule has 1 amide bonds. The van der Waals surface area contributed by atoms with Crippen molar-refractivity contribution in [1.82, 2.24) is 10.3 Å². The standard InChI is InChI=1S/C30H30FN5O4/c1-30(2,3)40-29(38)34-21-10-12-36(13-11-21)28-20(17-32)14-22(18-7-9-26(39-5)25(37)16-18)27(35-28)19-6-8-24(33-4)23(31)15-19/h6-9,14-16,21,37H,10-13H2,1-3,5H3,(H,34,38). The highest BCUT2D eigenvalue weighted by Crippen LogP contribution is 2.39. The van der Waals surface area contributed by atoms with Crippen molar-refractivity contribution in [3.05, 3.63) is 65.3 Å². The van der Waals surface area contributed by atoms with Gasteiger partial charge in [-0.3, -0.25) is 0 Å². The van der Waals surface area contributed by atoms with Crippen LogP contribution in [-0.2, 0) is 4.74 Å². The number of aromatic hydroxyl groups is 1. The van der Waals surface area contributed by atoms with E-state index < -0.39 is 17.5 Å². The molecule has 40 heavy (non-hydrogen) atoms. The van der Waals surface area contributed by atoms with E-state index in [0.717, 1.165) is 0 Å². The van der Waals surface area contributed by atoms with Gasteiger partial charge in [-0.2, -0.15) is 5.26 Å². The Labute approximate surface area is 232 Å². The van der Waals surface area contributed by atoms with Crippen LogP contribution < -0.4 is 15.0 Å². The van der Waals surface area contributed by atoms with Crippen molar-refractivity contribution in [3.63, 3.8) is 0 Å². The lowest BCUT2D eigenvalue weighted by Crippen LogP contribution is -2.46. The summed E-state index contributed by atoms with van der Waals surface area (Å²) in [7, 11) is 1.44. The molecule has 0 spiro atoms. The maximum Gasteiger partial charge on any atom is 0.407 e. The molecule has 0 bridgehead atoms. The molecule has 10 heteroatoms. The molecule has 0 atom stereocenters. The average Bonchev–Trinajstić information content (AvgIpc) is 2.91. The van der Waals surface area contributed by atoms with Gasteiger partial charge in [-0.25, -0.2) is 19.0 Å². The smallest absolute Gasteiger partial charge is 0.407 e. The first-order chi connectivity index (χ1) is 19.0. The Bertz CT molecular complexity index is 1510. The summed E-state index contributed by atoms with van der Waals surface area (Å²) in [5.41, 5.74) is 1.48. The fourth-order valence-corrected chi connectivity index (χ4v) is 4.58. The van der Waals surface area contributed by atoms with Gasteiger partial charge in [0.05, 0.1) is 24.9 Å². The fraction of sp³-hybridized carbons (Fsp3) is 0.333. The van der Waals surface area contributed by atoms with Crippen LogP contribution in [0.25, 0.3) is 27.2 Å². The van der Waals surface area contributed by atoms with Crippen LogP contribution in [-0.4, -0.2) is 48.0 Å². The number of carbonyl (C=O) groups is 1. The second-order valence-corrected chi connectivity index (χ2v) is 10.4. The van der Waals surface area contributed by atoms with Crippen LogP contribution in [0.15, 0.2) is 42.5 Å². The molecular formula is C30H30FN5O4. The van der Waals surface area contributed by atoms with E-state index in [9.17, 15) is 19.6 Å². The summed E-state index contributed by atoms with van der Waals surface area (Å²) in [5.74, 6) is -0.0598. The Hall–Kier alpha value is -4.83. The number of piperidine rings is 1. The number of alkyl carbamates (subject to hydrolysis) is 1. The monoisotopic (exact) mass is 543 g/mol. The minimum absolute atomic E-state index is 0.0899. The summed E-state index contributed by atoms with van der Waals surface area (Å²) < 4.78 is 25.2. The van der Waals surface area contributed by atoms with Crippen LogP contribution in [0.3, 0.4) is 0 Å². The van der Waals surface area contributed by atoms with Crippen molar-refractivity contribution in [1.29, 1.82) is 5.26 Å². The van der Waals surface area contributed by atoms with Crippen LogP contribution in [0.1, 0.15) is 39.2 Å². The quantitative estimate of drug-likeness (QED) is 0.369. The number of pyridine rings is 1. The average molecular weight is 544 g/mol. The second-order valence-electron chi connectivity index (χ2n) is 10.4. The van der Waals surface area contributed by atoms with E-state index in [4.69, 9.17) is 21.0 Å². The van der Waals surface area contributed by atoms with Crippen molar-refractivity contribution in [3.8, 4) is 40.0 Å². The molecule has 0 saturated carbocycles. The van der Waals surface area contributed by atoms with Crippen LogP contribution in [0.5, 0.6) is 11.5 Å². The number of benzene rings is 2. The van der Waals surface area contributed by atoms with Crippen molar-refractivity contribution in [2.75, 3.05) is 25.1 Å². The van der Waals surface area contributed by atoms with E-state index in [0.29, 0.717) is 59.7 Å². The predicted molar refractivity (Wildman–Crippen MR) is 149 cm³/mol. The zero-order valence-electron chi connectivity index (χ0n) is 22.8. The molecule has 2 heterocycles. The van der Waals surface area contributed by atoms with E-state index in [1.807, 2.05) is 4.90 Å². The number of ether oxygens (including phenoxy) is 2. The van der Waals surface area contributed by atoms with E-state index in [1.54, 1.807) is 45.0 Å². The highest BCUT2D eigenvalue weighted by Gasteiger charge is 2.27. The number of carbonyl (C=O) groups excluding carboxylic acids is 1. The van der Waals surface area contributed by atoms with Crippen LogP contribution in [0.4, 0.5) is 20.7 Å². The number of hydrogen-bond donors (Lipinski definition) is 2. The number of nitriles is 1. The van der Waals surface area contributed by atoms with E-state index in [1.165, 1.54) is 25.3 Å². The van der Waals surface area contributed by atoms with Crippen LogP contribution >= 0.6 is 0 Å². The van der Waals surface area contributed by atoms with Gasteiger partial charge in [0.25, 0.3) is 0 Å². The molecule has 4 rings (SSSR count). The van der Waals surface area contributed by atoms with E-state index in [-0.39, 0.29) is 23.2 Å². The molecule has 0 unspecified atom stereocenters. The fourth-order valence-electron chi connectivity index (χ4n) is 4.58. The maximum atomic E-state index is 14.7. The molecule has 3 aromatic rings. The number of anilines is 1. The molecule has 0 radical (unpaired) electrons. The van der Waals surface area contributed by atoms with Gasteiger partial charge >= 0.3 is 6.09 Å². The first-order valence-electron chi connectivity index (χ1n) is 12.8. The number of hydrogen-bond acceptors (Lipinski definition) is 7. The largest absolute Gasteiger partial charge is 0.504 e. The lowest BCUT2D eigenvalue weighted by Gasteiger charge is -2.34. The van der Waals surface area contributed by atoms with Crippen molar-refractivity contribution < 1.29 is 23.8 Å². The van der Waals surface area contributed by atoms with Gasteiger partial charge in [-0.1, -0.05) is 18.2 Å². The van der Waals surface area contributed by atoms with Gasteiger partial charge in [-0.05, 0) is 63.4 Å². The number of amides is 1. The van der Waals surface area contributed by atoms with E-state index >= 15 is 0 Å². The topological polar surface area (TPSA) is 112 Å². The number of methoxy groups -OCH3 is 1. The molecule has 2 N–H and O–H groups in total. The lowest BCUT2D eigenvalue weighted by atomic mass is 9.96. The van der Waals surface area contributed by atoms with E-state index in [2.05, 4.69) is 16.2 Å². The third-order valence-electron chi connectivity index (χ3n) is 6.47. The van der Waals surface area contributed by atoms with Gasteiger partial charge in [0.15, 0.2) is 11.5 Å². The molecule has 206 valence electrons. The third-order valence-corrected chi connectivity index (χ3v) is 6.47. The lowest BCUT2D eigenvalue weighted by molar-refractivity contribution is 0.0497. The Kier molecular flexibility index (Phi) is 8.11. The molecule has 2 aromatic carbocycles. The van der Waals surface area contributed by atoms with Crippen LogP contribution in [0.2, 0.25) is 0 Å². The summed E-state index contributed by atoms with van der Waals surface area (Å²) >= 11 is 0. The number of aromatic nitrogens is 1. The molecular weight excluding hydrogens is 513 g/mol. The maximum absolute atomic E-state index is 14.7. The number of phenolic OH excluding ortho intramolecular Hbond substituents is 1. The summed E-state index contributed by atoms with van der Waals surface area (Å²) in [6.07, 6.45) is 0.758. The summed E-state index contributed by atoms with van der Waals surface area (Å²) in [6, 6.07) is 12.9. The highest BCUT2D eigenvalue weighted by molar-refractivity contribution is 5.85. The number of phenols is 1. The van der Waals surface area contributed by atoms with Gasteiger partial charge in [0.2, 0.25) is 5.69 Å². The summed E-state index contributed by atoms with van der Waals surface area (Å²) in [6.45, 7) is 13.6. The van der Waals surface area contributed by atoms with Gasteiger partial charge in [-0.15, -0.1) is 0 Å². The molecule has 1 fully saturated rings. The summed E-state index contributed by atoms with van der Waals surface area (Å²) in [5, 5.41) is 23.4. The van der Waals surface area contributed by atoms with Crippen molar-refractivity contribution in [2.24, 2.45) is 0 Å². The zero-order chi connectivity index (χ0) is 29.0. The SMILES string of the molecule is [C-]#[N+]c1ccc(-c2nc(N3CCC(NC(=O)OC(C)(C)C)CC3)c(C#N)cc2-c2ccc(OC)c(O)c2)cc1F. The summed E-state index contributed by atoms with van der Waals surface area (Å²) in [4.78, 5) is 22.2.